The summed E-state index contributed by atoms with van der Waals surface area (Å²) in [5.74, 6) is -0.958. The second kappa shape index (κ2) is 6.11. The maximum absolute atomic E-state index is 13.0. The van der Waals surface area contributed by atoms with E-state index in [0.29, 0.717) is 11.3 Å². The Kier molecular flexibility index (Phi) is 4.69. The van der Waals surface area contributed by atoms with Crippen LogP contribution in [0.25, 0.3) is 0 Å². The minimum Gasteiger partial charge on any atom is -0.465 e. The Morgan fingerprint density at radius 2 is 1.88 bits per heavy atom. The molecule has 1 unspecified atom stereocenters. The summed E-state index contributed by atoms with van der Waals surface area (Å²) in [5, 5.41) is 12.5. The van der Waals surface area contributed by atoms with Crippen LogP contribution in [0.3, 0.4) is 0 Å². The van der Waals surface area contributed by atoms with Crippen LogP contribution in [0.4, 0.5) is 22.8 Å². The van der Waals surface area contributed by atoms with E-state index in [1.807, 2.05) is 5.32 Å². The number of urea groups is 1. The fourth-order valence-corrected chi connectivity index (χ4v) is 3.45. The van der Waals surface area contributed by atoms with Crippen molar-refractivity contribution < 1.29 is 32.7 Å². The number of carboxylic acid groups (broad SMARTS) is 1. The standard InChI is InChI=1S/C14H17F3N4O4S/c1-6-7(18-9(26-6)14(15,16)17)13(8(22)19-10(23)20-13)5-21(11(24)25)12(2,3)4/h5H2,1-4H3,(H,24,25)(H2,19,20,22,23). The minimum absolute atomic E-state index is 0.0499. The highest BCUT2D eigenvalue weighted by atomic mass is 32.1. The lowest BCUT2D eigenvalue weighted by Crippen LogP contribution is -2.58. The Morgan fingerprint density at radius 3 is 2.23 bits per heavy atom. The summed E-state index contributed by atoms with van der Waals surface area (Å²) in [6, 6.07) is -0.935. The van der Waals surface area contributed by atoms with Gasteiger partial charge in [0.1, 0.15) is 0 Å². The highest BCUT2D eigenvalue weighted by molar-refractivity contribution is 7.11. The van der Waals surface area contributed by atoms with Crippen molar-refractivity contribution >= 4 is 29.4 Å². The summed E-state index contributed by atoms with van der Waals surface area (Å²) in [5.41, 5.74) is -3.36. The molecule has 4 amide bonds. The topological polar surface area (TPSA) is 112 Å². The van der Waals surface area contributed by atoms with Gasteiger partial charge in [-0.3, -0.25) is 10.1 Å². The van der Waals surface area contributed by atoms with Crippen molar-refractivity contribution in [1.82, 2.24) is 20.5 Å². The molecule has 0 aliphatic carbocycles. The second-order valence-corrected chi connectivity index (χ2v) is 7.98. The molecule has 1 fully saturated rings. The van der Waals surface area contributed by atoms with Crippen LogP contribution in [0.1, 0.15) is 36.3 Å². The molecule has 1 aromatic rings. The number of carbonyl (C=O) groups excluding carboxylic acids is 2. The van der Waals surface area contributed by atoms with Crippen molar-refractivity contribution in [1.29, 1.82) is 0 Å². The van der Waals surface area contributed by atoms with Crippen LogP contribution in [0.2, 0.25) is 0 Å². The second-order valence-electron chi connectivity index (χ2n) is 6.77. The Morgan fingerprint density at radius 1 is 1.31 bits per heavy atom. The molecule has 26 heavy (non-hydrogen) atoms. The van der Waals surface area contributed by atoms with Gasteiger partial charge >= 0.3 is 18.3 Å². The van der Waals surface area contributed by atoms with E-state index in [2.05, 4.69) is 10.3 Å². The Balaban J connectivity index is 2.62. The summed E-state index contributed by atoms with van der Waals surface area (Å²) in [7, 11) is 0. The van der Waals surface area contributed by atoms with Gasteiger partial charge in [0.25, 0.3) is 5.91 Å². The van der Waals surface area contributed by atoms with E-state index < -0.39 is 46.8 Å². The predicted molar refractivity (Wildman–Crippen MR) is 84.7 cm³/mol. The van der Waals surface area contributed by atoms with E-state index in [4.69, 9.17) is 0 Å². The van der Waals surface area contributed by atoms with Gasteiger partial charge in [0.15, 0.2) is 10.5 Å². The van der Waals surface area contributed by atoms with E-state index in [0.717, 1.165) is 4.90 Å². The summed E-state index contributed by atoms with van der Waals surface area (Å²) < 4.78 is 39.0. The molecule has 2 rings (SSSR count). The lowest BCUT2D eigenvalue weighted by molar-refractivity contribution is -0.138. The van der Waals surface area contributed by atoms with Crippen molar-refractivity contribution in [2.24, 2.45) is 0 Å². The van der Waals surface area contributed by atoms with Crippen molar-refractivity contribution in [2.45, 2.75) is 44.9 Å². The number of thiazole rings is 1. The largest absolute Gasteiger partial charge is 0.465 e. The zero-order valence-electron chi connectivity index (χ0n) is 14.3. The van der Waals surface area contributed by atoms with Crippen molar-refractivity contribution in [3.63, 3.8) is 0 Å². The van der Waals surface area contributed by atoms with Gasteiger partial charge in [-0.15, -0.1) is 11.3 Å². The maximum atomic E-state index is 13.0. The molecule has 0 bridgehead atoms. The molecule has 8 nitrogen and oxygen atoms in total. The van der Waals surface area contributed by atoms with Crippen molar-refractivity contribution in [3.8, 4) is 0 Å². The third-order valence-corrected chi connectivity index (χ3v) is 4.84. The number of imide groups is 1. The zero-order chi connectivity index (χ0) is 20.1. The molecule has 144 valence electrons. The number of aromatic nitrogens is 1. The number of rotatable bonds is 3. The van der Waals surface area contributed by atoms with Crippen LogP contribution >= 0.6 is 11.3 Å². The number of hydrogen-bond donors (Lipinski definition) is 3. The third-order valence-electron chi connectivity index (χ3n) is 3.82. The first kappa shape index (κ1) is 19.9. The normalized spacial score (nSPS) is 20.7. The predicted octanol–water partition coefficient (Wildman–Crippen LogP) is 2.28. The lowest BCUT2D eigenvalue weighted by Gasteiger charge is -2.38. The molecule has 1 aliphatic heterocycles. The van der Waals surface area contributed by atoms with Gasteiger partial charge in [0.2, 0.25) is 0 Å². The van der Waals surface area contributed by atoms with Gasteiger partial charge < -0.3 is 15.3 Å². The minimum atomic E-state index is -4.73. The maximum Gasteiger partial charge on any atom is 0.443 e. The first-order valence-electron chi connectivity index (χ1n) is 7.38. The third kappa shape index (κ3) is 3.45. The van der Waals surface area contributed by atoms with Crippen LogP contribution in [0.5, 0.6) is 0 Å². The molecule has 0 aromatic carbocycles. The Hall–Kier alpha value is -2.37. The smallest absolute Gasteiger partial charge is 0.443 e. The molecule has 12 heteroatoms. The van der Waals surface area contributed by atoms with E-state index in [1.165, 1.54) is 6.92 Å². The summed E-state index contributed by atoms with van der Waals surface area (Å²) in [6.07, 6.45) is -6.13. The SMILES string of the molecule is Cc1sc(C(F)(F)F)nc1C1(CN(C(=O)O)C(C)(C)C)NC(=O)NC1=O. The van der Waals surface area contributed by atoms with Crippen LogP contribution in [0.15, 0.2) is 0 Å². The van der Waals surface area contributed by atoms with Gasteiger partial charge in [0, 0.05) is 10.4 Å². The summed E-state index contributed by atoms with van der Waals surface area (Å²) in [4.78, 5) is 40.2. The van der Waals surface area contributed by atoms with Gasteiger partial charge in [-0.1, -0.05) is 0 Å². The average Bonchev–Trinajstić information content (AvgIpc) is 2.95. The number of hydrogen-bond acceptors (Lipinski definition) is 5. The fraction of sp³-hybridized carbons (Fsp3) is 0.571. The van der Waals surface area contributed by atoms with Crippen LogP contribution in [0, 0.1) is 6.92 Å². The van der Waals surface area contributed by atoms with E-state index in [-0.39, 0.29) is 10.6 Å². The molecule has 3 N–H and O–H groups in total. The lowest BCUT2D eigenvalue weighted by atomic mass is 9.91. The van der Waals surface area contributed by atoms with Crippen LogP contribution in [-0.4, -0.2) is 45.1 Å². The zero-order valence-corrected chi connectivity index (χ0v) is 15.1. The fourth-order valence-electron chi connectivity index (χ4n) is 2.59. The quantitative estimate of drug-likeness (QED) is 0.681. The molecule has 0 radical (unpaired) electrons. The number of alkyl halides is 3. The summed E-state index contributed by atoms with van der Waals surface area (Å²) in [6.45, 7) is 5.39. The average molecular weight is 394 g/mol. The molecule has 0 spiro atoms. The van der Waals surface area contributed by atoms with Crippen LogP contribution < -0.4 is 10.6 Å². The van der Waals surface area contributed by atoms with Crippen molar-refractivity contribution in [2.75, 3.05) is 6.54 Å². The van der Waals surface area contributed by atoms with E-state index in [1.54, 1.807) is 20.8 Å². The highest BCUT2D eigenvalue weighted by Crippen LogP contribution is 2.39. The van der Waals surface area contributed by atoms with Gasteiger partial charge in [-0.25, -0.2) is 14.6 Å². The molecule has 1 atom stereocenters. The van der Waals surface area contributed by atoms with Crippen molar-refractivity contribution in [3.05, 3.63) is 15.6 Å². The number of carbonyl (C=O) groups is 3. The number of nitrogens with one attached hydrogen (secondary N) is 2. The monoisotopic (exact) mass is 394 g/mol. The Labute approximate surface area is 150 Å². The number of halogens is 3. The molecular weight excluding hydrogens is 377 g/mol. The van der Waals surface area contributed by atoms with Crippen LogP contribution in [-0.2, 0) is 16.5 Å². The number of aryl methyl sites for hydroxylation is 1. The van der Waals surface area contributed by atoms with Gasteiger partial charge in [-0.2, -0.15) is 13.2 Å². The molecule has 2 heterocycles. The molecule has 1 saturated heterocycles. The van der Waals surface area contributed by atoms with E-state index >= 15 is 0 Å². The molecular formula is C14H17F3N4O4S. The molecule has 0 saturated carbocycles. The summed E-state index contributed by atoms with van der Waals surface area (Å²) >= 11 is 0.320. The molecule has 1 aliphatic rings. The Bertz CT molecular complexity index is 771. The highest BCUT2D eigenvalue weighted by Gasteiger charge is 2.54. The van der Waals surface area contributed by atoms with E-state index in [9.17, 15) is 32.7 Å². The number of nitrogens with zero attached hydrogens (tertiary/aromatic N) is 2. The first-order valence-corrected chi connectivity index (χ1v) is 8.19. The number of amides is 4. The molecule has 1 aromatic heterocycles. The van der Waals surface area contributed by atoms with Gasteiger partial charge in [-0.05, 0) is 27.7 Å². The van der Waals surface area contributed by atoms with Gasteiger partial charge in [0.05, 0.1) is 12.2 Å². The first-order chi connectivity index (χ1) is 11.7.